The number of Topliss-reactive ketones (excluding diaryl/α,β-unsaturated/α-hetero) is 1. The quantitative estimate of drug-likeness (QED) is 0.538. The van der Waals surface area contributed by atoms with Crippen molar-refractivity contribution >= 4 is 5.78 Å². The van der Waals surface area contributed by atoms with E-state index in [1.54, 1.807) is 0 Å². The third-order valence-corrected chi connectivity index (χ3v) is 4.63. The normalized spacial score (nSPS) is 51.2. The summed E-state index contributed by atoms with van der Waals surface area (Å²) in [4.78, 5) is 11.8. The van der Waals surface area contributed by atoms with Gasteiger partial charge in [0, 0.05) is 11.8 Å². The lowest BCUT2D eigenvalue weighted by atomic mass is 9.70. The van der Waals surface area contributed by atoms with Crippen LogP contribution in [-0.4, -0.2) is 5.78 Å². The van der Waals surface area contributed by atoms with E-state index in [1.165, 1.54) is 44.9 Å². The largest absolute Gasteiger partial charge is 0.299 e. The summed E-state index contributed by atoms with van der Waals surface area (Å²) < 4.78 is 0. The molecule has 66 valence electrons. The summed E-state index contributed by atoms with van der Waals surface area (Å²) in [5.41, 5.74) is 0.782. The Kier molecular flexibility index (Phi) is 1.15. The van der Waals surface area contributed by atoms with Gasteiger partial charge in [-0.25, -0.2) is 0 Å². The smallest absolute Gasteiger partial charge is 0.139 e. The Morgan fingerprint density at radius 1 is 1.00 bits per heavy atom. The van der Waals surface area contributed by atoms with Crippen LogP contribution in [0.15, 0.2) is 0 Å². The molecule has 0 aromatic carbocycles. The van der Waals surface area contributed by atoms with E-state index in [4.69, 9.17) is 0 Å². The third kappa shape index (κ3) is 0.605. The molecule has 2 atom stereocenters. The number of carbonyl (C=O) groups is 1. The average Bonchev–Trinajstić information content (AvgIpc) is 2.75. The van der Waals surface area contributed by atoms with Crippen LogP contribution in [0, 0.1) is 10.8 Å². The predicted octanol–water partition coefficient (Wildman–Crippen LogP) is 2.69. The van der Waals surface area contributed by atoms with Gasteiger partial charge in [-0.2, -0.15) is 0 Å². The molecule has 0 aliphatic heterocycles. The minimum Gasteiger partial charge on any atom is -0.299 e. The lowest BCUT2D eigenvalue weighted by Crippen LogP contribution is -2.31. The molecule has 0 aromatic rings. The SMILES string of the molecule is O=C1CCC[C@@]23CCCC[C@@]12C3. The fourth-order valence-corrected chi connectivity index (χ4v) is 3.92. The summed E-state index contributed by atoms with van der Waals surface area (Å²) in [6, 6.07) is 0. The van der Waals surface area contributed by atoms with Crippen molar-refractivity contribution in [2.75, 3.05) is 0 Å². The van der Waals surface area contributed by atoms with Crippen molar-refractivity contribution in [2.45, 2.75) is 51.4 Å². The van der Waals surface area contributed by atoms with Crippen molar-refractivity contribution in [3.63, 3.8) is 0 Å². The van der Waals surface area contributed by atoms with Crippen LogP contribution in [0.2, 0.25) is 0 Å². The summed E-state index contributed by atoms with van der Waals surface area (Å²) in [6.45, 7) is 0. The minimum absolute atomic E-state index is 0.240. The summed E-state index contributed by atoms with van der Waals surface area (Å²) in [6.07, 6.45) is 9.98. The average molecular weight is 164 g/mol. The highest BCUT2D eigenvalue weighted by molar-refractivity contribution is 5.90. The molecular formula is C11H16O. The number of carbonyl (C=O) groups excluding carboxylic acids is 1. The molecule has 0 unspecified atom stereocenters. The molecule has 3 aliphatic carbocycles. The Morgan fingerprint density at radius 3 is 2.58 bits per heavy atom. The molecule has 0 spiro atoms. The van der Waals surface area contributed by atoms with Gasteiger partial charge in [-0.3, -0.25) is 4.79 Å². The highest BCUT2D eigenvalue weighted by Crippen LogP contribution is 2.75. The van der Waals surface area contributed by atoms with E-state index in [0.29, 0.717) is 11.2 Å². The van der Waals surface area contributed by atoms with Crippen LogP contribution >= 0.6 is 0 Å². The van der Waals surface area contributed by atoms with Gasteiger partial charge in [-0.15, -0.1) is 0 Å². The van der Waals surface area contributed by atoms with Gasteiger partial charge in [0.2, 0.25) is 0 Å². The number of hydrogen-bond donors (Lipinski definition) is 0. The van der Waals surface area contributed by atoms with Crippen molar-refractivity contribution < 1.29 is 4.79 Å². The molecular weight excluding hydrogens is 148 g/mol. The predicted molar refractivity (Wildman–Crippen MR) is 46.8 cm³/mol. The van der Waals surface area contributed by atoms with Gasteiger partial charge >= 0.3 is 0 Å². The first-order chi connectivity index (χ1) is 5.79. The van der Waals surface area contributed by atoms with Gasteiger partial charge in [0.05, 0.1) is 0 Å². The summed E-state index contributed by atoms with van der Waals surface area (Å²) in [5.74, 6) is 0.619. The maximum absolute atomic E-state index is 11.8. The van der Waals surface area contributed by atoms with Crippen molar-refractivity contribution in [1.82, 2.24) is 0 Å². The van der Waals surface area contributed by atoms with Gasteiger partial charge in [0.25, 0.3) is 0 Å². The second kappa shape index (κ2) is 1.94. The molecule has 3 saturated carbocycles. The zero-order chi connectivity index (χ0) is 8.23. The fraction of sp³-hybridized carbons (Fsp3) is 0.909. The molecule has 0 bridgehead atoms. The Balaban J connectivity index is 1.97. The first kappa shape index (κ1) is 7.11. The maximum Gasteiger partial charge on any atom is 0.139 e. The number of rotatable bonds is 0. The van der Waals surface area contributed by atoms with E-state index in [-0.39, 0.29) is 5.41 Å². The maximum atomic E-state index is 11.8. The van der Waals surface area contributed by atoms with Crippen molar-refractivity contribution in [2.24, 2.45) is 10.8 Å². The highest BCUT2D eigenvalue weighted by atomic mass is 16.1. The zero-order valence-corrected chi connectivity index (χ0v) is 7.57. The molecule has 12 heavy (non-hydrogen) atoms. The molecule has 1 nitrogen and oxygen atoms in total. The van der Waals surface area contributed by atoms with Gasteiger partial charge in [0.1, 0.15) is 5.78 Å². The Morgan fingerprint density at radius 2 is 1.75 bits per heavy atom. The molecule has 3 fully saturated rings. The Hall–Kier alpha value is -0.330. The Labute approximate surface area is 73.5 Å². The van der Waals surface area contributed by atoms with Crippen LogP contribution in [0.1, 0.15) is 51.4 Å². The van der Waals surface area contributed by atoms with E-state index in [1.807, 2.05) is 0 Å². The molecule has 1 heteroatoms. The Bertz CT molecular complexity index is 241. The van der Waals surface area contributed by atoms with Crippen molar-refractivity contribution in [3.8, 4) is 0 Å². The van der Waals surface area contributed by atoms with Crippen LogP contribution in [0.5, 0.6) is 0 Å². The zero-order valence-electron chi connectivity index (χ0n) is 7.57. The minimum atomic E-state index is 0.240. The molecule has 0 N–H and O–H groups in total. The van der Waals surface area contributed by atoms with Gasteiger partial charge in [0.15, 0.2) is 0 Å². The van der Waals surface area contributed by atoms with E-state index < -0.39 is 0 Å². The molecule has 0 amide bonds. The molecule has 3 rings (SSSR count). The van der Waals surface area contributed by atoms with Gasteiger partial charge in [-0.1, -0.05) is 12.8 Å². The summed E-state index contributed by atoms with van der Waals surface area (Å²) in [5, 5.41) is 0. The molecule has 0 aromatic heterocycles. The molecule has 0 saturated heterocycles. The van der Waals surface area contributed by atoms with Crippen LogP contribution in [0.3, 0.4) is 0 Å². The highest BCUT2D eigenvalue weighted by Gasteiger charge is 2.71. The second-order valence-electron chi connectivity index (χ2n) is 5.02. The third-order valence-electron chi connectivity index (χ3n) is 4.63. The van der Waals surface area contributed by atoms with E-state index in [2.05, 4.69) is 0 Å². The molecule has 0 heterocycles. The lowest BCUT2D eigenvalue weighted by Gasteiger charge is -2.33. The molecule has 0 radical (unpaired) electrons. The molecule has 3 aliphatic rings. The lowest BCUT2D eigenvalue weighted by molar-refractivity contribution is -0.128. The standard InChI is InChI=1S/C11H16O/c12-9-4-3-6-10-5-1-2-7-11(9,10)8-10/h1-8H2/t10-,11-/m1/s1. The number of ketones is 1. The summed E-state index contributed by atoms with van der Waals surface area (Å²) in [7, 11) is 0. The van der Waals surface area contributed by atoms with Crippen LogP contribution in [-0.2, 0) is 4.79 Å². The first-order valence-corrected chi connectivity index (χ1v) is 5.33. The van der Waals surface area contributed by atoms with E-state index in [9.17, 15) is 4.79 Å². The van der Waals surface area contributed by atoms with Gasteiger partial charge < -0.3 is 0 Å². The van der Waals surface area contributed by atoms with Gasteiger partial charge in [-0.05, 0) is 37.5 Å². The number of hydrogen-bond acceptors (Lipinski definition) is 1. The van der Waals surface area contributed by atoms with E-state index >= 15 is 0 Å². The van der Waals surface area contributed by atoms with Crippen LogP contribution in [0.4, 0.5) is 0 Å². The second-order valence-corrected chi connectivity index (χ2v) is 5.02. The monoisotopic (exact) mass is 164 g/mol. The van der Waals surface area contributed by atoms with E-state index in [0.717, 1.165) is 6.42 Å². The van der Waals surface area contributed by atoms with Crippen LogP contribution < -0.4 is 0 Å². The fourth-order valence-electron chi connectivity index (χ4n) is 3.92. The first-order valence-electron chi connectivity index (χ1n) is 5.33. The van der Waals surface area contributed by atoms with Crippen molar-refractivity contribution in [3.05, 3.63) is 0 Å². The summed E-state index contributed by atoms with van der Waals surface area (Å²) >= 11 is 0. The van der Waals surface area contributed by atoms with Crippen LogP contribution in [0.25, 0.3) is 0 Å². The van der Waals surface area contributed by atoms with Crippen molar-refractivity contribution in [1.29, 1.82) is 0 Å². The topological polar surface area (TPSA) is 17.1 Å².